The average Bonchev–Trinajstić information content (AvgIpc) is 3.33. The fourth-order valence-electron chi connectivity index (χ4n) is 3.69. The van der Waals surface area contributed by atoms with Gasteiger partial charge in [-0.1, -0.05) is 0 Å². The number of ether oxygens (including phenoxy) is 2. The molecule has 0 spiro atoms. The minimum absolute atomic E-state index is 0.559. The highest BCUT2D eigenvalue weighted by Crippen LogP contribution is 2.44. The third kappa shape index (κ3) is 2.49. The number of hydrogen-bond donors (Lipinski definition) is 1. The van der Waals surface area contributed by atoms with Gasteiger partial charge in [-0.3, -0.25) is 0 Å². The molecule has 0 aliphatic carbocycles. The molecule has 2 heterocycles. The molecule has 1 N–H and O–H groups in total. The first-order chi connectivity index (χ1) is 13.0. The predicted octanol–water partition coefficient (Wildman–Crippen LogP) is 5.01. The summed E-state index contributed by atoms with van der Waals surface area (Å²) in [5.74, 6) is 1.39. The number of aryl methyl sites for hydroxylation is 1. The molecule has 1 unspecified atom stereocenters. The maximum Gasteiger partial charge on any atom is 0.152 e. The zero-order valence-electron chi connectivity index (χ0n) is 15.7. The summed E-state index contributed by atoms with van der Waals surface area (Å²) in [7, 11) is 3.32. The molecule has 2 aromatic heterocycles. The number of fused-ring (bicyclic) bond motifs is 2. The monoisotopic (exact) mass is 360 g/mol. The van der Waals surface area contributed by atoms with Gasteiger partial charge in [0.25, 0.3) is 0 Å². The van der Waals surface area contributed by atoms with E-state index in [9.17, 15) is 0 Å². The number of nitrogens with one attached hydrogen (secondary N) is 1. The summed E-state index contributed by atoms with van der Waals surface area (Å²) in [5.41, 5.74) is 3.38. The van der Waals surface area contributed by atoms with Crippen LogP contribution in [0.25, 0.3) is 21.9 Å². The maximum absolute atomic E-state index is 9.14. The van der Waals surface area contributed by atoms with Crippen molar-refractivity contribution in [2.75, 3.05) is 14.2 Å². The molecule has 4 aromatic rings. The lowest BCUT2D eigenvalue weighted by atomic mass is 9.88. The molecule has 136 valence electrons. The molecule has 4 rings (SSSR count). The second kappa shape index (κ2) is 6.19. The van der Waals surface area contributed by atoms with Crippen LogP contribution in [0.5, 0.6) is 5.75 Å². The number of nitriles is 1. The largest absolute Gasteiger partial charge is 0.496 e. The van der Waals surface area contributed by atoms with Crippen LogP contribution in [0.3, 0.4) is 0 Å². The Balaban J connectivity index is 2.01. The van der Waals surface area contributed by atoms with E-state index >= 15 is 0 Å². The van der Waals surface area contributed by atoms with Crippen LogP contribution in [0.1, 0.15) is 29.4 Å². The second-order valence-corrected chi connectivity index (χ2v) is 6.75. The first-order valence-electron chi connectivity index (χ1n) is 8.66. The van der Waals surface area contributed by atoms with Crippen molar-refractivity contribution in [3.8, 4) is 11.8 Å². The number of benzene rings is 2. The fraction of sp³-hybridized carbons (Fsp3) is 0.227. The van der Waals surface area contributed by atoms with Gasteiger partial charge >= 0.3 is 0 Å². The Labute approximate surface area is 157 Å². The van der Waals surface area contributed by atoms with Crippen molar-refractivity contribution in [1.82, 2.24) is 4.98 Å². The molecule has 1 atom stereocenters. The topological polar surface area (TPSA) is 71.2 Å². The smallest absolute Gasteiger partial charge is 0.152 e. The number of methoxy groups -OCH3 is 2. The van der Waals surface area contributed by atoms with Gasteiger partial charge in [0.1, 0.15) is 17.1 Å². The van der Waals surface area contributed by atoms with E-state index in [1.807, 2.05) is 44.3 Å². The van der Waals surface area contributed by atoms with Gasteiger partial charge in [0.2, 0.25) is 0 Å². The van der Waals surface area contributed by atoms with E-state index in [0.29, 0.717) is 16.9 Å². The first kappa shape index (κ1) is 17.2. The van der Waals surface area contributed by atoms with E-state index in [2.05, 4.69) is 11.1 Å². The van der Waals surface area contributed by atoms with Crippen molar-refractivity contribution >= 4 is 21.9 Å². The molecule has 0 saturated carbocycles. The van der Waals surface area contributed by atoms with Crippen LogP contribution in [-0.4, -0.2) is 19.2 Å². The molecule has 0 radical (unpaired) electrons. The molecule has 0 saturated heterocycles. The number of furan rings is 1. The summed E-state index contributed by atoms with van der Waals surface area (Å²) in [6.45, 7) is 4.01. The quantitative estimate of drug-likeness (QED) is 0.555. The van der Waals surface area contributed by atoms with Crippen molar-refractivity contribution in [1.29, 1.82) is 5.26 Å². The van der Waals surface area contributed by atoms with Crippen molar-refractivity contribution in [2.45, 2.75) is 19.4 Å². The van der Waals surface area contributed by atoms with Crippen LogP contribution < -0.4 is 4.74 Å². The summed E-state index contributed by atoms with van der Waals surface area (Å²) in [6.07, 6.45) is 1.91. The zero-order chi connectivity index (χ0) is 19.2. The highest BCUT2D eigenvalue weighted by Gasteiger charge is 2.37. The molecule has 0 aliphatic heterocycles. The standard InChI is InChI=1S/C22H20N2O3/c1-13-9-18(25-3)20(16-7-8-24-21(13)16)22(2,26-4)19-11-15-6-5-14(12-23)10-17(15)27-19/h5-11,24H,1-4H3. The molecule has 0 fully saturated rings. The summed E-state index contributed by atoms with van der Waals surface area (Å²) >= 11 is 0. The average molecular weight is 360 g/mol. The van der Waals surface area contributed by atoms with E-state index in [0.717, 1.165) is 33.2 Å². The molecule has 27 heavy (non-hydrogen) atoms. The summed E-state index contributed by atoms with van der Waals surface area (Å²) in [5, 5.41) is 11.1. The third-order valence-corrected chi connectivity index (χ3v) is 5.23. The van der Waals surface area contributed by atoms with Gasteiger partial charge in [0.15, 0.2) is 5.60 Å². The Morgan fingerprint density at radius 2 is 1.96 bits per heavy atom. The molecule has 0 aliphatic rings. The molecule has 5 nitrogen and oxygen atoms in total. The Hall–Kier alpha value is -3.23. The number of hydrogen-bond acceptors (Lipinski definition) is 4. The molecular weight excluding hydrogens is 340 g/mol. The van der Waals surface area contributed by atoms with Crippen LogP contribution >= 0.6 is 0 Å². The van der Waals surface area contributed by atoms with Gasteiger partial charge in [-0.05, 0) is 55.8 Å². The van der Waals surface area contributed by atoms with E-state index < -0.39 is 5.60 Å². The number of nitrogens with zero attached hydrogens (tertiary/aromatic N) is 1. The summed E-state index contributed by atoms with van der Waals surface area (Å²) in [6, 6.07) is 13.5. The van der Waals surface area contributed by atoms with Crippen molar-refractivity contribution in [3.63, 3.8) is 0 Å². The van der Waals surface area contributed by atoms with Crippen LogP contribution in [0.4, 0.5) is 0 Å². The Morgan fingerprint density at radius 3 is 2.67 bits per heavy atom. The molecule has 0 bridgehead atoms. The number of H-pyrrole nitrogens is 1. The third-order valence-electron chi connectivity index (χ3n) is 5.23. The van der Waals surface area contributed by atoms with Crippen LogP contribution in [0.15, 0.2) is 47.0 Å². The molecule has 2 aromatic carbocycles. The van der Waals surface area contributed by atoms with Crippen molar-refractivity contribution in [2.24, 2.45) is 0 Å². The first-order valence-corrected chi connectivity index (χ1v) is 8.66. The summed E-state index contributed by atoms with van der Waals surface area (Å²) in [4.78, 5) is 3.29. The zero-order valence-corrected chi connectivity index (χ0v) is 15.7. The Bertz CT molecular complexity index is 1200. The SMILES string of the molecule is COc1cc(C)c2[nH]ccc2c1C(C)(OC)c1cc2ccc(C#N)cc2o1. The van der Waals surface area contributed by atoms with Gasteiger partial charge in [0, 0.05) is 35.2 Å². The van der Waals surface area contributed by atoms with Crippen molar-refractivity contribution in [3.05, 3.63) is 65.0 Å². The summed E-state index contributed by atoms with van der Waals surface area (Å²) < 4.78 is 17.8. The van der Waals surface area contributed by atoms with Crippen LogP contribution in [-0.2, 0) is 10.3 Å². The highest BCUT2D eigenvalue weighted by molar-refractivity contribution is 5.90. The second-order valence-electron chi connectivity index (χ2n) is 6.75. The minimum Gasteiger partial charge on any atom is -0.496 e. The van der Waals surface area contributed by atoms with Gasteiger partial charge < -0.3 is 18.9 Å². The molecule has 0 amide bonds. The molecular formula is C22H20N2O3. The van der Waals surface area contributed by atoms with Gasteiger partial charge in [-0.25, -0.2) is 0 Å². The minimum atomic E-state index is -0.870. The Kier molecular flexibility index (Phi) is 3.94. The lowest BCUT2D eigenvalue weighted by Crippen LogP contribution is -2.26. The van der Waals surface area contributed by atoms with Crippen LogP contribution in [0.2, 0.25) is 0 Å². The number of aromatic nitrogens is 1. The Morgan fingerprint density at radius 1 is 1.15 bits per heavy atom. The fourth-order valence-corrected chi connectivity index (χ4v) is 3.69. The highest BCUT2D eigenvalue weighted by atomic mass is 16.5. The van der Waals surface area contributed by atoms with E-state index in [1.165, 1.54) is 0 Å². The number of aromatic amines is 1. The van der Waals surface area contributed by atoms with Gasteiger partial charge in [-0.15, -0.1) is 0 Å². The predicted molar refractivity (Wildman–Crippen MR) is 104 cm³/mol. The van der Waals surface area contributed by atoms with Gasteiger partial charge in [0.05, 0.1) is 18.7 Å². The van der Waals surface area contributed by atoms with Crippen LogP contribution in [0, 0.1) is 18.3 Å². The van der Waals surface area contributed by atoms with E-state index in [-0.39, 0.29) is 0 Å². The van der Waals surface area contributed by atoms with Gasteiger partial charge in [-0.2, -0.15) is 5.26 Å². The van der Waals surface area contributed by atoms with E-state index in [1.54, 1.807) is 26.4 Å². The maximum atomic E-state index is 9.14. The van der Waals surface area contributed by atoms with E-state index in [4.69, 9.17) is 19.2 Å². The normalized spacial score (nSPS) is 13.6. The van der Waals surface area contributed by atoms with Crippen molar-refractivity contribution < 1.29 is 13.9 Å². The molecule has 5 heteroatoms. The lowest BCUT2D eigenvalue weighted by molar-refractivity contribution is 0.0211. The lowest BCUT2D eigenvalue weighted by Gasteiger charge is -2.29. The number of rotatable bonds is 4.